The molecule has 2 N–H and O–H groups in total. The van der Waals surface area contributed by atoms with Crippen LogP contribution < -0.4 is 10.6 Å². The fourth-order valence-corrected chi connectivity index (χ4v) is 2.61. The number of hydrogen-bond acceptors (Lipinski definition) is 4. The van der Waals surface area contributed by atoms with Crippen LogP contribution in [0.25, 0.3) is 0 Å². The highest BCUT2D eigenvalue weighted by Crippen LogP contribution is 2.30. The number of hydrogen-bond donors (Lipinski definition) is 2. The number of nitrogens with one attached hydrogen (secondary N) is 2. The van der Waals surface area contributed by atoms with E-state index < -0.39 is 11.9 Å². The van der Waals surface area contributed by atoms with Crippen LogP contribution in [0.3, 0.4) is 0 Å². The number of aliphatic imine (C=N–C) groups is 1. The molecule has 0 spiro atoms. The molecular weight excluding hydrogens is 468 g/mol. The Morgan fingerprint density at radius 2 is 2.16 bits per heavy atom. The number of halogens is 4. The van der Waals surface area contributed by atoms with Crippen molar-refractivity contribution >= 4 is 41.3 Å². The molecule has 0 radical (unpaired) electrons. The number of thiazole rings is 1. The average Bonchev–Trinajstić information content (AvgIpc) is 3.19. The fraction of sp³-hybridized carbons (Fsp3) is 0.500. The SMILES string of the molecule is CCNC(=NCc1nc(C(F)(F)F)cs1)NCCCn1cccn1.I. The molecule has 2 aromatic heterocycles. The summed E-state index contributed by atoms with van der Waals surface area (Å²) in [6.07, 6.45) is 0.0530. The third-order valence-electron chi connectivity index (χ3n) is 2.97. The largest absolute Gasteiger partial charge is 0.434 e. The Kier molecular flexibility index (Phi) is 9.17. The standard InChI is InChI=1S/C14H19F3N6S.HI/c1-2-18-13(19-5-3-7-23-8-4-6-21-23)20-9-12-22-11(10-24-12)14(15,16)17;/h4,6,8,10H,2-3,5,7,9H2,1H3,(H2,18,19,20);1H. The van der Waals surface area contributed by atoms with Crippen LogP contribution in [0.15, 0.2) is 28.8 Å². The van der Waals surface area contributed by atoms with Gasteiger partial charge in [0, 0.05) is 37.4 Å². The normalized spacial score (nSPS) is 11.9. The Hall–Kier alpha value is -1.37. The van der Waals surface area contributed by atoms with Crippen molar-refractivity contribution in [2.75, 3.05) is 13.1 Å². The van der Waals surface area contributed by atoms with E-state index >= 15 is 0 Å². The van der Waals surface area contributed by atoms with E-state index in [0.29, 0.717) is 24.1 Å². The molecule has 0 unspecified atom stereocenters. The summed E-state index contributed by atoms with van der Waals surface area (Å²) in [6, 6.07) is 1.86. The zero-order valence-corrected chi connectivity index (χ0v) is 16.7. The second-order valence-corrected chi connectivity index (χ2v) is 5.81. The minimum Gasteiger partial charge on any atom is -0.357 e. The molecular formula is C14H20F3IN6S. The number of guanidine groups is 1. The molecule has 0 atom stereocenters. The number of nitrogens with zero attached hydrogens (tertiary/aromatic N) is 4. The quantitative estimate of drug-likeness (QED) is 0.272. The monoisotopic (exact) mass is 488 g/mol. The molecule has 0 saturated carbocycles. The summed E-state index contributed by atoms with van der Waals surface area (Å²) in [4.78, 5) is 7.83. The van der Waals surface area contributed by atoms with Gasteiger partial charge in [0.2, 0.25) is 0 Å². The molecule has 0 aliphatic rings. The molecule has 11 heteroatoms. The summed E-state index contributed by atoms with van der Waals surface area (Å²) in [6.45, 7) is 4.15. The molecule has 0 fully saturated rings. The summed E-state index contributed by atoms with van der Waals surface area (Å²) in [7, 11) is 0. The Morgan fingerprint density at radius 3 is 2.76 bits per heavy atom. The van der Waals surface area contributed by atoms with E-state index in [0.717, 1.165) is 29.7 Å². The van der Waals surface area contributed by atoms with Gasteiger partial charge in [-0.1, -0.05) is 0 Å². The summed E-state index contributed by atoms with van der Waals surface area (Å²) in [5.74, 6) is 0.557. The van der Waals surface area contributed by atoms with Crippen molar-refractivity contribution < 1.29 is 13.2 Å². The van der Waals surface area contributed by atoms with Gasteiger partial charge in [0.15, 0.2) is 11.7 Å². The summed E-state index contributed by atoms with van der Waals surface area (Å²) >= 11 is 0.958. The third kappa shape index (κ3) is 7.59. The maximum atomic E-state index is 12.5. The van der Waals surface area contributed by atoms with Gasteiger partial charge in [-0.2, -0.15) is 18.3 Å². The van der Waals surface area contributed by atoms with Crippen molar-refractivity contribution in [3.8, 4) is 0 Å². The molecule has 0 amide bonds. The zero-order valence-electron chi connectivity index (χ0n) is 13.6. The minimum atomic E-state index is -4.41. The van der Waals surface area contributed by atoms with Gasteiger partial charge in [-0.05, 0) is 19.4 Å². The molecule has 25 heavy (non-hydrogen) atoms. The fourth-order valence-electron chi connectivity index (χ4n) is 1.88. The second kappa shape index (κ2) is 10.6. The van der Waals surface area contributed by atoms with Crippen LogP contribution in [0.4, 0.5) is 13.2 Å². The van der Waals surface area contributed by atoms with Crippen molar-refractivity contribution in [2.45, 2.75) is 32.6 Å². The van der Waals surface area contributed by atoms with Crippen LogP contribution in [0.2, 0.25) is 0 Å². The second-order valence-electron chi connectivity index (χ2n) is 4.87. The first-order valence-corrected chi connectivity index (χ1v) is 8.38. The lowest BCUT2D eigenvalue weighted by atomic mass is 10.4. The van der Waals surface area contributed by atoms with Crippen LogP contribution in [0, 0.1) is 0 Å². The molecule has 2 heterocycles. The lowest BCUT2D eigenvalue weighted by molar-refractivity contribution is -0.140. The predicted octanol–water partition coefficient (Wildman–Crippen LogP) is 3.12. The molecule has 0 aliphatic heterocycles. The van der Waals surface area contributed by atoms with Crippen LogP contribution in [-0.2, 0) is 19.3 Å². The zero-order chi connectivity index (χ0) is 17.4. The van der Waals surface area contributed by atoms with Gasteiger partial charge < -0.3 is 10.6 Å². The predicted molar refractivity (Wildman–Crippen MR) is 102 cm³/mol. The van der Waals surface area contributed by atoms with Gasteiger partial charge in [0.25, 0.3) is 0 Å². The Bertz CT molecular complexity index is 641. The van der Waals surface area contributed by atoms with Gasteiger partial charge >= 0.3 is 6.18 Å². The highest BCUT2D eigenvalue weighted by molar-refractivity contribution is 14.0. The van der Waals surface area contributed by atoms with Crippen molar-refractivity contribution in [1.29, 1.82) is 0 Å². The molecule has 0 aromatic carbocycles. The maximum absolute atomic E-state index is 12.5. The van der Waals surface area contributed by atoms with E-state index in [1.165, 1.54) is 0 Å². The van der Waals surface area contributed by atoms with E-state index in [1.54, 1.807) is 6.20 Å². The molecule has 2 aromatic rings. The van der Waals surface area contributed by atoms with Gasteiger partial charge in [0.1, 0.15) is 5.01 Å². The van der Waals surface area contributed by atoms with E-state index in [9.17, 15) is 13.2 Å². The smallest absolute Gasteiger partial charge is 0.357 e. The van der Waals surface area contributed by atoms with Crippen LogP contribution in [0.1, 0.15) is 24.0 Å². The first-order valence-electron chi connectivity index (χ1n) is 7.50. The number of alkyl halides is 3. The average molecular weight is 488 g/mol. The first-order chi connectivity index (χ1) is 11.5. The third-order valence-corrected chi connectivity index (χ3v) is 3.81. The van der Waals surface area contributed by atoms with E-state index in [1.807, 2.05) is 23.9 Å². The van der Waals surface area contributed by atoms with Crippen LogP contribution >= 0.6 is 35.3 Å². The number of rotatable bonds is 7. The van der Waals surface area contributed by atoms with Crippen molar-refractivity contribution in [3.05, 3.63) is 34.5 Å². The molecule has 140 valence electrons. The maximum Gasteiger partial charge on any atom is 0.434 e. The van der Waals surface area contributed by atoms with Crippen LogP contribution in [-0.4, -0.2) is 33.8 Å². The van der Waals surface area contributed by atoms with E-state index in [-0.39, 0.29) is 30.5 Å². The van der Waals surface area contributed by atoms with Crippen molar-refractivity contribution in [1.82, 2.24) is 25.4 Å². The van der Waals surface area contributed by atoms with Crippen molar-refractivity contribution in [3.63, 3.8) is 0 Å². The highest BCUT2D eigenvalue weighted by atomic mass is 127. The first kappa shape index (κ1) is 21.7. The van der Waals surface area contributed by atoms with Gasteiger partial charge in [-0.3, -0.25) is 4.68 Å². The lowest BCUT2D eigenvalue weighted by Crippen LogP contribution is -2.38. The Morgan fingerprint density at radius 1 is 1.36 bits per heavy atom. The van der Waals surface area contributed by atoms with Crippen LogP contribution in [0.5, 0.6) is 0 Å². The van der Waals surface area contributed by atoms with Crippen molar-refractivity contribution in [2.24, 2.45) is 4.99 Å². The molecule has 2 rings (SSSR count). The molecule has 6 nitrogen and oxygen atoms in total. The number of aromatic nitrogens is 3. The number of aryl methyl sites for hydroxylation is 1. The van der Waals surface area contributed by atoms with Gasteiger partial charge in [-0.25, -0.2) is 9.98 Å². The van der Waals surface area contributed by atoms with E-state index in [4.69, 9.17) is 0 Å². The summed E-state index contributed by atoms with van der Waals surface area (Å²) < 4.78 is 39.4. The van der Waals surface area contributed by atoms with E-state index in [2.05, 4.69) is 25.7 Å². The summed E-state index contributed by atoms with van der Waals surface area (Å²) in [5, 5.41) is 11.6. The molecule has 0 saturated heterocycles. The molecule has 0 bridgehead atoms. The van der Waals surface area contributed by atoms with Gasteiger partial charge in [0.05, 0.1) is 6.54 Å². The minimum absolute atomic E-state index is 0. The Balaban J connectivity index is 0.00000312. The topological polar surface area (TPSA) is 67.1 Å². The Labute approximate surface area is 165 Å². The lowest BCUT2D eigenvalue weighted by Gasteiger charge is -2.10. The molecule has 0 aliphatic carbocycles. The summed E-state index contributed by atoms with van der Waals surface area (Å²) in [5.41, 5.74) is -0.866. The highest BCUT2D eigenvalue weighted by Gasteiger charge is 2.33. The van der Waals surface area contributed by atoms with Gasteiger partial charge in [-0.15, -0.1) is 35.3 Å².